The van der Waals surface area contributed by atoms with Crippen LogP contribution in [0.15, 0.2) is 0 Å². The third-order valence-electron chi connectivity index (χ3n) is 2.90. The molecule has 72 valence electrons. The Balaban J connectivity index is 2.18. The van der Waals surface area contributed by atoms with E-state index in [1.54, 1.807) is 0 Å². The molecule has 1 aliphatic carbocycles. The summed E-state index contributed by atoms with van der Waals surface area (Å²) in [6.07, 6.45) is 2.56. The SMILES string of the molecule is CC[C@@H]1C[C@H]1c1nnc(CBr)n1C. The van der Waals surface area contributed by atoms with Crippen molar-refractivity contribution < 1.29 is 0 Å². The summed E-state index contributed by atoms with van der Waals surface area (Å²) in [5.41, 5.74) is 0. The van der Waals surface area contributed by atoms with E-state index in [9.17, 15) is 0 Å². The third-order valence-corrected chi connectivity index (χ3v) is 3.40. The van der Waals surface area contributed by atoms with Gasteiger partial charge in [0.05, 0.1) is 5.33 Å². The van der Waals surface area contributed by atoms with Gasteiger partial charge in [0.15, 0.2) is 0 Å². The van der Waals surface area contributed by atoms with Gasteiger partial charge in [0.25, 0.3) is 0 Å². The van der Waals surface area contributed by atoms with Crippen molar-refractivity contribution in [1.82, 2.24) is 14.8 Å². The van der Waals surface area contributed by atoms with Crippen LogP contribution in [0.25, 0.3) is 0 Å². The zero-order valence-electron chi connectivity index (χ0n) is 8.00. The molecule has 4 heteroatoms. The molecule has 1 heterocycles. The van der Waals surface area contributed by atoms with Crippen LogP contribution in [-0.2, 0) is 12.4 Å². The van der Waals surface area contributed by atoms with Gasteiger partial charge in [-0.2, -0.15) is 0 Å². The van der Waals surface area contributed by atoms with Crippen molar-refractivity contribution >= 4 is 15.9 Å². The molecule has 0 radical (unpaired) electrons. The Morgan fingerprint density at radius 2 is 2.31 bits per heavy atom. The van der Waals surface area contributed by atoms with Crippen molar-refractivity contribution in [2.24, 2.45) is 13.0 Å². The summed E-state index contributed by atoms with van der Waals surface area (Å²) in [7, 11) is 2.05. The molecule has 0 bridgehead atoms. The molecule has 13 heavy (non-hydrogen) atoms. The standard InChI is InChI=1S/C9H14BrN3/c1-3-6-4-7(6)9-12-11-8(5-10)13(9)2/h6-7H,3-5H2,1-2H3/t6-,7-/m1/s1. The molecule has 3 nitrogen and oxygen atoms in total. The average molecular weight is 244 g/mol. The third kappa shape index (κ3) is 1.52. The van der Waals surface area contributed by atoms with Gasteiger partial charge in [-0.3, -0.25) is 0 Å². The molecule has 1 fully saturated rings. The van der Waals surface area contributed by atoms with E-state index >= 15 is 0 Å². The lowest BCUT2D eigenvalue weighted by Crippen LogP contribution is -2.00. The van der Waals surface area contributed by atoms with Crippen molar-refractivity contribution in [3.63, 3.8) is 0 Å². The lowest BCUT2D eigenvalue weighted by molar-refractivity contribution is 0.704. The Bertz CT molecular complexity index is 308. The van der Waals surface area contributed by atoms with Gasteiger partial charge in [-0.1, -0.05) is 29.3 Å². The van der Waals surface area contributed by atoms with Crippen molar-refractivity contribution in [1.29, 1.82) is 0 Å². The molecule has 2 atom stereocenters. The van der Waals surface area contributed by atoms with E-state index in [1.165, 1.54) is 18.7 Å². The summed E-state index contributed by atoms with van der Waals surface area (Å²) in [5, 5.41) is 9.15. The van der Waals surface area contributed by atoms with Gasteiger partial charge in [-0.15, -0.1) is 10.2 Å². The molecular weight excluding hydrogens is 230 g/mol. The van der Waals surface area contributed by atoms with E-state index in [-0.39, 0.29) is 0 Å². The van der Waals surface area contributed by atoms with Crippen LogP contribution in [0.1, 0.15) is 37.3 Å². The van der Waals surface area contributed by atoms with E-state index < -0.39 is 0 Å². The van der Waals surface area contributed by atoms with Crippen LogP contribution in [0.5, 0.6) is 0 Å². The monoisotopic (exact) mass is 243 g/mol. The number of alkyl halides is 1. The van der Waals surface area contributed by atoms with Crippen LogP contribution in [-0.4, -0.2) is 14.8 Å². The topological polar surface area (TPSA) is 30.7 Å². The summed E-state index contributed by atoms with van der Waals surface area (Å²) in [4.78, 5) is 0. The van der Waals surface area contributed by atoms with Gasteiger partial charge in [0.1, 0.15) is 11.6 Å². The van der Waals surface area contributed by atoms with Crippen molar-refractivity contribution in [2.45, 2.75) is 31.0 Å². The minimum absolute atomic E-state index is 0.676. The number of hydrogen-bond donors (Lipinski definition) is 0. The lowest BCUT2D eigenvalue weighted by Gasteiger charge is -2.00. The summed E-state index contributed by atoms with van der Waals surface area (Å²) in [5.74, 6) is 3.72. The molecule has 1 aromatic rings. The highest BCUT2D eigenvalue weighted by Crippen LogP contribution is 2.48. The summed E-state index contributed by atoms with van der Waals surface area (Å²) >= 11 is 3.40. The molecule has 0 saturated heterocycles. The molecule has 1 saturated carbocycles. The Kier molecular flexibility index (Phi) is 2.41. The van der Waals surface area contributed by atoms with E-state index in [1.807, 2.05) is 0 Å². The number of halogens is 1. The second-order valence-electron chi connectivity index (χ2n) is 3.68. The molecule has 0 spiro atoms. The summed E-state index contributed by atoms with van der Waals surface area (Å²) in [6.45, 7) is 2.24. The molecule has 2 rings (SSSR count). The first-order valence-electron chi connectivity index (χ1n) is 4.72. The highest BCUT2D eigenvalue weighted by atomic mass is 79.9. The van der Waals surface area contributed by atoms with Crippen LogP contribution in [0, 0.1) is 5.92 Å². The number of rotatable bonds is 3. The average Bonchev–Trinajstić information content (AvgIpc) is 2.83. The predicted octanol–water partition coefficient (Wildman–Crippen LogP) is 2.22. The van der Waals surface area contributed by atoms with Gasteiger partial charge < -0.3 is 4.57 Å². The van der Waals surface area contributed by atoms with Crippen LogP contribution in [0.3, 0.4) is 0 Å². The van der Waals surface area contributed by atoms with E-state index in [4.69, 9.17) is 0 Å². The van der Waals surface area contributed by atoms with Gasteiger partial charge in [0.2, 0.25) is 0 Å². The Morgan fingerprint density at radius 3 is 2.77 bits per heavy atom. The second-order valence-corrected chi connectivity index (χ2v) is 4.24. The minimum atomic E-state index is 0.676. The van der Waals surface area contributed by atoms with E-state index in [0.29, 0.717) is 5.92 Å². The first kappa shape index (κ1) is 9.19. The number of nitrogens with zero attached hydrogens (tertiary/aromatic N) is 3. The highest BCUT2D eigenvalue weighted by Gasteiger charge is 2.40. The summed E-state index contributed by atoms with van der Waals surface area (Å²) < 4.78 is 2.12. The van der Waals surface area contributed by atoms with Crippen LogP contribution >= 0.6 is 15.9 Å². The summed E-state index contributed by atoms with van der Waals surface area (Å²) in [6, 6.07) is 0. The Hall–Kier alpha value is -0.380. The normalized spacial score (nSPS) is 26.4. The largest absolute Gasteiger partial charge is 0.317 e. The number of hydrogen-bond acceptors (Lipinski definition) is 2. The molecular formula is C9H14BrN3. The van der Waals surface area contributed by atoms with Gasteiger partial charge >= 0.3 is 0 Å². The maximum Gasteiger partial charge on any atom is 0.143 e. The molecule has 1 aromatic heterocycles. The maximum atomic E-state index is 4.23. The quantitative estimate of drug-likeness (QED) is 0.763. The maximum absolute atomic E-state index is 4.23. The molecule has 0 amide bonds. The zero-order valence-corrected chi connectivity index (χ0v) is 9.58. The predicted molar refractivity (Wildman–Crippen MR) is 54.8 cm³/mol. The van der Waals surface area contributed by atoms with Crippen molar-refractivity contribution in [2.75, 3.05) is 0 Å². The first-order valence-corrected chi connectivity index (χ1v) is 5.84. The van der Waals surface area contributed by atoms with Crippen molar-refractivity contribution in [3.05, 3.63) is 11.6 Å². The van der Waals surface area contributed by atoms with Crippen molar-refractivity contribution in [3.8, 4) is 0 Å². The van der Waals surface area contributed by atoms with Crippen LogP contribution in [0.4, 0.5) is 0 Å². The molecule has 0 aliphatic heterocycles. The molecule has 0 N–H and O–H groups in total. The fraction of sp³-hybridized carbons (Fsp3) is 0.778. The van der Waals surface area contributed by atoms with Gasteiger partial charge in [-0.05, 0) is 12.3 Å². The lowest BCUT2D eigenvalue weighted by atomic mass is 10.2. The number of aromatic nitrogens is 3. The minimum Gasteiger partial charge on any atom is -0.317 e. The van der Waals surface area contributed by atoms with E-state index in [0.717, 1.165) is 17.1 Å². The van der Waals surface area contributed by atoms with Gasteiger partial charge in [0, 0.05) is 13.0 Å². The molecule has 1 aliphatic rings. The Morgan fingerprint density at radius 1 is 1.54 bits per heavy atom. The highest BCUT2D eigenvalue weighted by molar-refractivity contribution is 9.08. The smallest absolute Gasteiger partial charge is 0.143 e. The Labute approximate surface area is 86.7 Å². The molecule has 0 aromatic carbocycles. The van der Waals surface area contributed by atoms with Gasteiger partial charge in [-0.25, -0.2) is 0 Å². The van der Waals surface area contributed by atoms with E-state index in [2.05, 4.69) is 44.7 Å². The zero-order chi connectivity index (χ0) is 9.42. The fourth-order valence-electron chi connectivity index (χ4n) is 1.83. The molecule has 0 unspecified atom stereocenters. The van der Waals surface area contributed by atoms with Crippen LogP contribution < -0.4 is 0 Å². The van der Waals surface area contributed by atoms with Crippen LogP contribution in [0.2, 0.25) is 0 Å². The second kappa shape index (κ2) is 3.40. The fourth-order valence-corrected chi connectivity index (χ4v) is 2.32. The first-order chi connectivity index (χ1) is 6.27.